The molecule has 0 spiro atoms. The second-order valence-electron chi connectivity index (χ2n) is 18.5. The van der Waals surface area contributed by atoms with E-state index in [-0.39, 0.29) is 42.4 Å². The molecule has 4 amide bonds. The summed E-state index contributed by atoms with van der Waals surface area (Å²) in [7, 11) is 0. The molecule has 0 aliphatic carbocycles. The van der Waals surface area contributed by atoms with Gasteiger partial charge in [-0.05, 0) is 94.0 Å². The Kier molecular flexibility index (Phi) is 11.8. The zero-order valence-electron chi connectivity index (χ0n) is 37.4. The van der Waals surface area contributed by atoms with Crippen molar-refractivity contribution >= 4 is 52.5 Å². The van der Waals surface area contributed by atoms with Crippen molar-refractivity contribution in [3.63, 3.8) is 0 Å². The third-order valence-electron chi connectivity index (χ3n) is 13.0. The molecule has 342 valence electrons. The molecular formula is C47H54F2N10O6. The molecule has 2 N–H and O–H groups in total. The largest absolute Gasteiger partial charge is 0.474 e. The fraction of sp³-hybridized carbons (Fsp3) is 0.468. The fourth-order valence-corrected chi connectivity index (χ4v) is 9.40. The van der Waals surface area contributed by atoms with Crippen molar-refractivity contribution in [2.75, 3.05) is 79.0 Å². The highest BCUT2D eigenvalue weighted by Crippen LogP contribution is 2.40. The van der Waals surface area contributed by atoms with E-state index < -0.39 is 23.4 Å². The number of piperidine rings is 1. The number of carbonyl (C=O) groups excluding carboxylic acids is 4. The lowest BCUT2D eigenvalue weighted by molar-refractivity contribution is -0.134. The predicted octanol–water partition coefficient (Wildman–Crippen LogP) is 5.30. The van der Waals surface area contributed by atoms with Gasteiger partial charge >= 0.3 is 6.09 Å². The number of nitrogens with zero attached hydrogens (tertiary/aromatic N) is 8. The average Bonchev–Trinajstić information content (AvgIpc) is 3.24. The van der Waals surface area contributed by atoms with Crippen LogP contribution in [0.4, 0.5) is 42.3 Å². The summed E-state index contributed by atoms with van der Waals surface area (Å²) >= 11 is 0. The molecule has 65 heavy (non-hydrogen) atoms. The number of hydrogen-bond acceptors (Lipinski definition) is 13. The minimum absolute atomic E-state index is 0.0689. The molecular weight excluding hydrogens is 839 g/mol. The Bertz CT molecular complexity index is 2560. The minimum Gasteiger partial charge on any atom is -0.474 e. The summed E-state index contributed by atoms with van der Waals surface area (Å²) in [5, 5.41) is 5.49. The Balaban J connectivity index is 0.769. The van der Waals surface area contributed by atoms with Crippen molar-refractivity contribution < 1.29 is 37.4 Å². The fourth-order valence-electron chi connectivity index (χ4n) is 9.40. The van der Waals surface area contributed by atoms with Crippen molar-refractivity contribution in [3.8, 4) is 5.88 Å². The third-order valence-corrected chi connectivity index (χ3v) is 13.0. The molecule has 0 bridgehead atoms. The van der Waals surface area contributed by atoms with Gasteiger partial charge < -0.3 is 29.5 Å². The molecule has 2 aromatic heterocycles. The van der Waals surface area contributed by atoms with Crippen LogP contribution >= 0.6 is 0 Å². The first-order chi connectivity index (χ1) is 31.1. The van der Waals surface area contributed by atoms with Crippen LogP contribution in [0.1, 0.15) is 73.0 Å². The zero-order chi connectivity index (χ0) is 45.7. The van der Waals surface area contributed by atoms with Crippen molar-refractivity contribution in [1.82, 2.24) is 30.1 Å². The summed E-state index contributed by atoms with van der Waals surface area (Å²) in [5.41, 5.74) is 6.12. The molecule has 3 saturated heterocycles. The molecule has 9 rings (SSSR count). The maximum atomic E-state index is 15.5. The molecule has 0 saturated carbocycles. The average molecular weight is 893 g/mol. The Morgan fingerprint density at radius 1 is 0.923 bits per heavy atom. The lowest BCUT2D eigenvalue weighted by Crippen LogP contribution is -2.63. The number of fused-ring (bicyclic) bond motifs is 2. The monoisotopic (exact) mass is 892 g/mol. The second kappa shape index (κ2) is 17.5. The van der Waals surface area contributed by atoms with E-state index in [2.05, 4.69) is 30.4 Å². The molecule has 18 heteroatoms. The van der Waals surface area contributed by atoms with E-state index in [0.29, 0.717) is 118 Å². The van der Waals surface area contributed by atoms with Crippen LogP contribution in [0.15, 0.2) is 42.7 Å². The first-order valence-corrected chi connectivity index (χ1v) is 22.3. The summed E-state index contributed by atoms with van der Waals surface area (Å²) in [5.74, 6) is -1.57. The maximum Gasteiger partial charge on any atom is 0.415 e. The number of pyridine rings is 1. The molecule has 1 atom stereocenters. The number of ether oxygens (including phenoxy) is 2. The van der Waals surface area contributed by atoms with Gasteiger partial charge in [0.05, 0.1) is 48.7 Å². The van der Waals surface area contributed by atoms with Crippen LogP contribution in [0.5, 0.6) is 5.88 Å². The van der Waals surface area contributed by atoms with E-state index in [1.807, 2.05) is 39.5 Å². The van der Waals surface area contributed by atoms with Gasteiger partial charge in [0, 0.05) is 75.7 Å². The normalized spacial score (nSPS) is 19.2. The van der Waals surface area contributed by atoms with Crippen LogP contribution in [0.2, 0.25) is 0 Å². The standard InChI is InChI=1S/C47H54F2N10O6/c1-27-18-38(36(49)21-34(27)33-8-9-40(60)54-43(33)62)58-24-32(25-58)55-12-14-56(15-13-55)41(61)19-29-6-7-31(20-35(29)48)52-45-51-22-30-10-11-57(26-37(30)53-45)39-23-50-44-42(28(39)2)59(16-17-64-44)46(63)65-47(3,4)5/h6-7,18,20-23,32-33H,8-17,19,24-26H2,1-5H3,(H,51,52,53)(H,54,60,62). The zero-order valence-corrected chi connectivity index (χ0v) is 37.4. The van der Waals surface area contributed by atoms with Crippen LogP contribution in [-0.2, 0) is 38.5 Å². The highest BCUT2D eigenvalue weighted by atomic mass is 19.1. The van der Waals surface area contributed by atoms with Gasteiger partial charge in [0.2, 0.25) is 29.5 Å². The number of nitrogens with one attached hydrogen (secondary N) is 2. The molecule has 3 fully saturated rings. The van der Waals surface area contributed by atoms with E-state index >= 15 is 8.78 Å². The number of rotatable bonds is 8. The van der Waals surface area contributed by atoms with E-state index in [1.54, 1.807) is 40.4 Å². The Morgan fingerprint density at radius 3 is 2.45 bits per heavy atom. The van der Waals surface area contributed by atoms with Gasteiger partial charge in [0.1, 0.15) is 29.5 Å². The van der Waals surface area contributed by atoms with Gasteiger partial charge in [0.25, 0.3) is 0 Å². The SMILES string of the molecule is Cc1cc(N2CC(N3CCN(C(=O)Cc4ccc(Nc5ncc6c(n5)CN(c5cnc7c(c5C)N(C(=O)OC(C)(C)C)CCO7)CC6)cc4F)CC3)C2)c(F)cc1C1CCC(=O)NC1=O. The van der Waals surface area contributed by atoms with Gasteiger partial charge in [-0.1, -0.05) is 6.07 Å². The first kappa shape index (κ1) is 43.8. The predicted molar refractivity (Wildman–Crippen MR) is 239 cm³/mol. The minimum atomic E-state index is -0.657. The van der Waals surface area contributed by atoms with Crippen LogP contribution in [0.3, 0.4) is 0 Å². The third kappa shape index (κ3) is 9.13. The number of imide groups is 1. The van der Waals surface area contributed by atoms with Crippen LogP contribution in [0.25, 0.3) is 0 Å². The van der Waals surface area contributed by atoms with Gasteiger partial charge in [-0.25, -0.2) is 28.5 Å². The number of aromatic nitrogens is 3. The van der Waals surface area contributed by atoms with E-state index in [9.17, 15) is 19.2 Å². The molecule has 7 heterocycles. The summed E-state index contributed by atoms with van der Waals surface area (Å²) in [6.07, 6.45) is 4.32. The number of hydrogen-bond donors (Lipinski definition) is 2. The van der Waals surface area contributed by atoms with Crippen molar-refractivity contribution in [2.24, 2.45) is 0 Å². The molecule has 2 aromatic carbocycles. The number of anilines is 5. The lowest BCUT2D eigenvalue weighted by atomic mass is 9.87. The molecule has 5 aliphatic heterocycles. The molecule has 5 aliphatic rings. The highest BCUT2D eigenvalue weighted by molar-refractivity contribution is 6.01. The summed E-state index contributed by atoms with van der Waals surface area (Å²) < 4.78 is 42.4. The Morgan fingerprint density at radius 2 is 1.71 bits per heavy atom. The van der Waals surface area contributed by atoms with E-state index in [0.717, 1.165) is 28.1 Å². The van der Waals surface area contributed by atoms with Crippen LogP contribution in [-0.4, -0.2) is 119 Å². The number of carbonyl (C=O) groups is 4. The molecule has 16 nitrogen and oxygen atoms in total. The van der Waals surface area contributed by atoms with Crippen molar-refractivity contribution in [2.45, 2.75) is 84.4 Å². The number of benzene rings is 2. The first-order valence-electron chi connectivity index (χ1n) is 22.3. The molecule has 4 aromatic rings. The lowest BCUT2D eigenvalue weighted by Gasteiger charge is -2.49. The quantitative estimate of drug-likeness (QED) is 0.219. The molecule has 1 unspecified atom stereocenters. The van der Waals surface area contributed by atoms with Gasteiger partial charge in [-0.2, -0.15) is 0 Å². The van der Waals surface area contributed by atoms with Crippen molar-refractivity contribution in [3.05, 3.63) is 87.9 Å². The summed E-state index contributed by atoms with van der Waals surface area (Å²) in [6, 6.07) is 8.12. The number of amides is 4. The summed E-state index contributed by atoms with van der Waals surface area (Å²) in [6.45, 7) is 14.8. The van der Waals surface area contributed by atoms with Crippen LogP contribution in [0, 0.1) is 25.5 Å². The number of aryl methyl sites for hydroxylation is 1. The van der Waals surface area contributed by atoms with E-state index in [1.165, 1.54) is 12.1 Å². The number of halogens is 2. The summed E-state index contributed by atoms with van der Waals surface area (Å²) in [4.78, 5) is 74.3. The van der Waals surface area contributed by atoms with E-state index in [4.69, 9.17) is 14.5 Å². The smallest absolute Gasteiger partial charge is 0.415 e. The van der Waals surface area contributed by atoms with Gasteiger partial charge in [-0.15, -0.1) is 0 Å². The maximum absolute atomic E-state index is 15.5. The topological polar surface area (TPSA) is 166 Å². The second-order valence-corrected chi connectivity index (χ2v) is 18.5. The Labute approximate surface area is 376 Å². The highest BCUT2D eigenvalue weighted by Gasteiger charge is 2.37. The van der Waals surface area contributed by atoms with Crippen molar-refractivity contribution in [1.29, 1.82) is 0 Å². The Hall–Kier alpha value is -6.43. The van der Waals surface area contributed by atoms with Gasteiger partial charge in [-0.3, -0.25) is 29.5 Å². The van der Waals surface area contributed by atoms with Crippen LogP contribution < -0.4 is 30.1 Å². The van der Waals surface area contributed by atoms with Gasteiger partial charge in [0.15, 0.2) is 0 Å². The number of piperazine rings is 1. The molecule has 0 radical (unpaired) electrons.